The summed E-state index contributed by atoms with van der Waals surface area (Å²) in [7, 11) is 0. The molecule has 8 aromatic rings. The van der Waals surface area contributed by atoms with Gasteiger partial charge < -0.3 is 9.47 Å². The molecule has 1 aliphatic carbocycles. The van der Waals surface area contributed by atoms with Gasteiger partial charge in [-0.15, -0.1) is 0 Å². The van der Waals surface area contributed by atoms with Gasteiger partial charge in [0.2, 0.25) is 0 Å². The molecule has 0 saturated heterocycles. The minimum atomic E-state index is -0.0977. The Kier molecular flexibility index (Phi) is 6.10. The topological polar surface area (TPSA) is 8.17 Å². The lowest BCUT2D eigenvalue weighted by atomic mass is 9.72. The molecule has 7 aromatic carbocycles. The maximum atomic E-state index is 2.44. The van der Waals surface area contributed by atoms with Crippen molar-refractivity contribution in [3.63, 3.8) is 0 Å². The molecule has 0 amide bonds. The number of hydrogen-bond donors (Lipinski definition) is 0. The first-order valence-electron chi connectivity index (χ1n) is 17.1. The Hall–Kier alpha value is -6.12. The van der Waals surface area contributed by atoms with Crippen molar-refractivity contribution < 1.29 is 0 Å². The molecule has 1 aliphatic heterocycles. The first-order chi connectivity index (χ1) is 24.2. The van der Waals surface area contributed by atoms with Crippen molar-refractivity contribution in [3.8, 4) is 16.8 Å². The average molecular weight is 627 g/mol. The highest BCUT2D eigenvalue weighted by Gasteiger charge is 2.45. The predicted molar refractivity (Wildman–Crippen MR) is 207 cm³/mol. The number of nitrogens with zero attached hydrogens (tertiary/aromatic N) is 2. The summed E-state index contributed by atoms with van der Waals surface area (Å²) in [6, 6.07) is 59.9. The molecule has 0 fully saturated rings. The van der Waals surface area contributed by atoms with Crippen molar-refractivity contribution in [2.45, 2.75) is 18.8 Å². The van der Waals surface area contributed by atoms with Crippen molar-refractivity contribution in [1.29, 1.82) is 0 Å². The highest BCUT2D eigenvalue weighted by molar-refractivity contribution is 6.10. The van der Waals surface area contributed by atoms with Crippen molar-refractivity contribution in [1.82, 2.24) is 4.57 Å². The Morgan fingerprint density at radius 1 is 0.490 bits per heavy atom. The summed E-state index contributed by atoms with van der Waals surface area (Å²) in [6.07, 6.45) is 5.64. The third-order valence-electron chi connectivity index (χ3n) is 10.8. The maximum Gasteiger partial charge on any atom is 0.0541 e. The molecule has 2 nitrogen and oxygen atoms in total. The highest BCUT2D eigenvalue weighted by atomic mass is 15.2. The summed E-state index contributed by atoms with van der Waals surface area (Å²) >= 11 is 0. The Morgan fingerprint density at radius 3 is 2.06 bits per heavy atom. The summed E-state index contributed by atoms with van der Waals surface area (Å²) in [5, 5.41) is 5.05. The van der Waals surface area contributed by atoms with Gasteiger partial charge in [-0.3, -0.25) is 0 Å². The van der Waals surface area contributed by atoms with Crippen LogP contribution in [0.15, 0.2) is 182 Å². The molecular formula is C47H34N2. The number of aromatic nitrogens is 1. The monoisotopic (exact) mass is 626 g/mol. The van der Waals surface area contributed by atoms with Crippen LogP contribution >= 0.6 is 0 Å². The number of anilines is 2. The zero-order valence-electron chi connectivity index (χ0n) is 27.3. The van der Waals surface area contributed by atoms with Crippen LogP contribution in [0.2, 0.25) is 0 Å². The molecule has 0 spiro atoms. The van der Waals surface area contributed by atoms with Gasteiger partial charge in [-0.25, -0.2) is 0 Å². The van der Waals surface area contributed by atoms with Crippen molar-refractivity contribution in [2.24, 2.45) is 0 Å². The van der Waals surface area contributed by atoms with E-state index in [9.17, 15) is 0 Å². The first kappa shape index (κ1) is 27.9. The van der Waals surface area contributed by atoms with E-state index in [1.165, 1.54) is 83.2 Å². The van der Waals surface area contributed by atoms with E-state index in [1.807, 2.05) is 0 Å². The second-order valence-corrected chi connectivity index (χ2v) is 13.6. The van der Waals surface area contributed by atoms with Gasteiger partial charge >= 0.3 is 0 Å². The van der Waals surface area contributed by atoms with Gasteiger partial charge in [-0.05, 0) is 107 Å². The molecule has 1 aromatic heterocycles. The van der Waals surface area contributed by atoms with Crippen LogP contribution in [0.1, 0.15) is 24.5 Å². The third-order valence-corrected chi connectivity index (χ3v) is 10.8. The van der Waals surface area contributed by atoms with Gasteiger partial charge in [-0.2, -0.15) is 0 Å². The van der Waals surface area contributed by atoms with Crippen LogP contribution in [0, 0.1) is 0 Å². The fraction of sp³-hybridized carbons (Fsp3) is 0.0638. The van der Waals surface area contributed by atoms with E-state index in [2.05, 4.69) is 192 Å². The zero-order valence-corrected chi connectivity index (χ0v) is 27.3. The lowest BCUT2D eigenvalue weighted by Gasteiger charge is -2.34. The van der Waals surface area contributed by atoms with E-state index in [4.69, 9.17) is 0 Å². The molecule has 1 unspecified atom stereocenters. The van der Waals surface area contributed by atoms with Crippen LogP contribution in [-0.2, 0) is 5.41 Å². The predicted octanol–water partition coefficient (Wildman–Crippen LogP) is 12.4. The summed E-state index contributed by atoms with van der Waals surface area (Å²) < 4.78 is 2.40. The third kappa shape index (κ3) is 4.27. The molecule has 2 heteroatoms. The molecule has 0 saturated carbocycles. The molecule has 10 rings (SSSR count). The fourth-order valence-corrected chi connectivity index (χ4v) is 8.39. The molecule has 49 heavy (non-hydrogen) atoms. The zero-order chi connectivity index (χ0) is 32.5. The SMILES string of the molecule is CC12CC(c3ccc(-c4ccc5c(c4)c4ccccc4n5-c4ccc5ccccc5c4)cc3)=CC=C1N(c1ccccc1)c1ccccc12. The lowest BCUT2D eigenvalue weighted by molar-refractivity contribution is 0.586. The fourth-order valence-electron chi connectivity index (χ4n) is 8.39. The van der Waals surface area contributed by atoms with Gasteiger partial charge in [0.25, 0.3) is 0 Å². The van der Waals surface area contributed by atoms with E-state index in [1.54, 1.807) is 0 Å². The second kappa shape index (κ2) is 10.7. The van der Waals surface area contributed by atoms with Crippen LogP contribution in [0.4, 0.5) is 11.4 Å². The summed E-state index contributed by atoms with van der Waals surface area (Å²) in [6.45, 7) is 2.41. The maximum absolute atomic E-state index is 2.44. The molecule has 2 heterocycles. The first-order valence-corrected chi connectivity index (χ1v) is 17.1. The minimum Gasteiger partial charge on any atom is -0.313 e. The smallest absolute Gasteiger partial charge is 0.0541 e. The van der Waals surface area contributed by atoms with E-state index < -0.39 is 0 Å². The average Bonchev–Trinajstić information content (AvgIpc) is 3.63. The Labute approximate surface area is 286 Å². The summed E-state index contributed by atoms with van der Waals surface area (Å²) in [4.78, 5) is 2.44. The van der Waals surface area contributed by atoms with Gasteiger partial charge in [0.15, 0.2) is 0 Å². The van der Waals surface area contributed by atoms with E-state index in [0.29, 0.717) is 0 Å². The largest absolute Gasteiger partial charge is 0.313 e. The number of allylic oxidation sites excluding steroid dienone is 4. The van der Waals surface area contributed by atoms with E-state index >= 15 is 0 Å². The summed E-state index contributed by atoms with van der Waals surface area (Å²) in [5.41, 5.74) is 13.9. The lowest BCUT2D eigenvalue weighted by Crippen LogP contribution is -2.28. The van der Waals surface area contributed by atoms with Crippen molar-refractivity contribution in [3.05, 3.63) is 193 Å². The standard InChI is InChI=1S/C47H34N2/c1-47-31-37(25-28-46(47)49(38-13-3-2-4-14-38)45-18-10-8-16-42(45)47)34-21-19-33(20-22-34)36-24-27-44-41(30-36)40-15-7-9-17-43(40)48(44)39-26-23-32-11-5-6-12-35(32)29-39/h2-30H,31H2,1H3. The molecule has 1 atom stereocenters. The molecular weight excluding hydrogens is 593 g/mol. The van der Waals surface area contributed by atoms with Crippen LogP contribution in [0.5, 0.6) is 0 Å². The van der Waals surface area contributed by atoms with Gasteiger partial charge in [-0.1, -0.05) is 121 Å². The number of para-hydroxylation sites is 3. The highest BCUT2D eigenvalue weighted by Crippen LogP contribution is 2.56. The van der Waals surface area contributed by atoms with Crippen LogP contribution in [0.25, 0.3) is 55.0 Å². The van der Waals surface area contributed by atoms with Crippen LogP contribution in [0.3, 0.4) is 0 Å². The Balaban J connectivity index is 1.02. The summed E-state index contributed by atoms with van der Waals surface area (Å²) in [5.74, 6) is 0. The van der Waals surface area contributed by atoms with Gasteiger partial charge in [0.1, 0.15) is 0 Å². The van der Waals surface area contributed by atoms with Crippen LogP contribution in [-0.4, -0.2) is 4.57 Å². The number of hydrogen-bond acceptors (Lipinski definition) is 1. The number of rotatable bonds is 4. The van der Waals surface area contributed by atoms with Crippen LogP contribution < -0.4 is 4.90 Å². The molecule has 0 N–H and O–H groups in total. The number of benzene rings is 7. The second-order valence-electron chi connectivity index (χ2n) is 13.6. The molecule has 2 aliphatic rings. The molecule has 0 bridgehead atoms. The van der Waals surface area contributed by atoms with E-state index in [-0.39, 0.29) is 5.41 Å². The minimum absolute atomic E-state index is 0.0977. The van der Waals surface area contributed by atoms with Gasteiger partial charge in [0.05, 0.1) is 11.0 Å². The molecule has 232 valence electrons. The normalized spacial score (nSPS) is 16.9. The molecule has 0 radical (unpaired) electrons. The van der Waals surface area contributed by atoms with Crippen molar-refractivity contribution in [2.75, 3.05) is 4.90 Å². The Morgan fingerprint density at radius 2 is 1.18 bits per heavy atom. The van der Waals surface area contributed by atoms with Crippen molar-refractivity contribution >= 4 is 49.5 Å². The quantitative estimate of drug-likeness (QED) is 0.189. The van der Waals surface area contributed by atoms with E-state index in [0.717, 1.165) is 6.42 Å². The number of fused-ring (bicyclic) bond motifs is 7. The Bertz CT molecular complexity index is 2640. The van der Waals surface area contributed by atoms with Gasteiger partial charge in [0, 0.05) is 38.9 Å².